The highest BCUT2D eigenvalue weighted by Gasteiger charge is 2.34. The van der Waals surface area contributed by atoms with Gasteiger partial charge in [-0.05, 0) is 39.8 Å². The van der Waals surface area contributed by atoms with Crippen molar-refractivity contribution >= 4 is 17.7 Å². The van der Waals surface area contributed by atoms with Gasteiger partial charge < -0.3 is 20.3 Å². The summed E-state index contributed by atoms with van der Waals surface area (Å²) >= 11 is 0. The average Bonchev–Trinajstić information content (AvgIpc) is 2.39. The number of rotatable bonds is 4. The lowest BCUT2D eigenvalue weighted by Crippen LogP contribution is -2.54. The molecule has 0 bridgehead atoms. The zero-order chi connectivity index (χ0) is 17.1. The first kappa shape index (κ1) is 17.6. The van der Waals surface area contributed by atoms with Crippen LogP contribution >= 0.6 is 0 Å². The number of amides is 2. The third-order valence-corrected chi connectivity index (χ3v) is 3.16. The van der Waals surface area contributed by atoms with Crippen LogP contribution in [-0.2, 0) is 4.79 Å². The number of ether oxygens (including phenoxy) is 1. The van der Waals surface area contributed by atoms with Gasteiger partial charge in [-0.1, -0.05) is 0 Å². The second-order valence-electron chi connectivity index (χ2n) is 5.87. The van der Waals surface area contributed by atoms with E-state index in [2.05, 4.69) is 5.32 Å². The average molecular weight is 310 g/mol. The highest BCUT2D eigenvalue weighted by molar-refractivity contribution is 5.97. The Kier molecular flexibility index (Phi) is 5.24. The third kappa shape index (κ3) is 4.03. The summed E-state index contributed by atoms with van der Waals surface area (Å²) in [6.07, 6.45) is -1.19. The van der Waals surface area contributed by atoms with E-state index < -0.39 is 23.6 Å². The molecule has 0 radical (unpaired) electrons. The molecule has 0 aliphatic heterocycles. The van der Waals surface area contributed by atoms with Crippen LogP contribution in [0, 0.1) is 0 Å². The van der Waals surface area contributed by atoms with Gasteiger partial charge in [-0.25, -0.2) is 4.79 Å². The van der Waals surface area contributed by atoms with E-state index in [1.54, 1.807) is 26.8 Å². The predicted molar refractivity (Wildman–Crippen MR) is 82.4 cm³/mol. The van der Waals surface area contributed by atoms with Crippen LogP contribution in [0.4, 0.5) is 10.5 Å². The predicted octanol–water partition coefficient (Wildman–Crippen LogP) is 2.51. The molecule has 22 heavy (non-hydrogen) atoms. The molecule has 0 aliphatic rings. The number of nitrogens with zero attached hydrogens (tertiary/aromatic N) is 1. The summed E-state index contributed by atoms with van der Waals surface area (Å²) in [7, 11) is 1.46. The van der Waals surface area contributed by atoms with Crippen molar-refractivity contribution in [2.24, 2.45) is 0 Å². The molecule has 1 rings (SSSR count). The molecule has 0 aromatic heterocycles. The van der Waals surface area contributed by atoms with Crippen LogP contribution < -0.4 is 10.1 Å². The third-order valence-electron chi connectivity index (χ3n) is 3.16. The van der Waals surface area contributed by atoms with E-state index in [9.17, 15) is 19.8 Å². The van der Waals surface area contributed by atoms with E-state index in [-0.39, 0.29) is 11.4 Å². The fourth-order valence-electron chi connectivity index (χ4n) is 2.13. The van der Waals surface area contributed by atoms with E-state index in [1.807, 2.05) is 0 Å². The maximum Gasteiger partial charge on any atom is 0.408 e. The summed E-state index contributed by atoms with van der Waals surface area (Å²) < 4.78 is 5.02. The van der Waals surface area contributed by atoms with Gasteiger partial charge in [0.05, 0.1) is 12.8 Å². The van der Waals surface area contributed by atoms with Crippen molar-refractivity contribution < 1.29 is 24.5 Å². The number of methoxy groups -OCH3 is 1. The minimum absolute atomic E-state index is 0.126. The summed E-state index contributed by atoms with van der Waals surface area (Å²) in [5, 5.41) is 21.6. The van der Waals surface area contributed by atoms with Gasteiger partial charge in [0.15, 0.2) is 0 Å². The summed E-state index contributed by atoms with van der Waals surface area (Å²) in [4.78, 5) is 24.7. The van der Waals surface area contributed by atoms with Gasteiger partial charge in [-0.3, -0.25) is 9.69 Å². The monoisotopic (exact) mass is 310 g/mol. The minimum Gasteiger partial charge on any atom is -0.506 e. The Morgan fingerprint density at radius 3 is 2.36 bits per heavy atom. The van der Waals surface area contributed by atoms with E-state index in [4.69, 9.17) is 4.74 Å². The Morgan fingerprint density at radius 2 is 1.91 bits per heavy atom. The van der Waals surface area contributed by atoms with Crippen molar-refractivity contribution in [2.75, 3.05) is 12.4 Å². The maximum absolute atomic E-state index is 12.3. The number of carboxylic acid groups (broad SMARTS) is 1. The smallest absolute Gasteiger partial charge is 0.408 e. The fraction of sp³-hybridized carbons (Fsp3) is 0.467. The Balaban J connectivity index is 2.99. The molecule has 1 aromatic rings. The lowest BCUT2D eigenvalue weighted by atomic mass is 10.0. The first-order valence-electron chi connectivity index (χ1n) is 6.78. The summed E-state index contributed by atoms with van der Waals surface area (Å²) in [6, 6.07) is 3.47. The number of carbonyl (C=O) groups is 2. The number of hydrogen-bond donors (Lipinski definition) is 3. The Labute approximate surface area is 129 Å². The lowest BCUT2D eigenvalue weighted by Gasteiger charge is -2.37. The Hall–Kier alpha value is -2.44. The first-order valence-corrected chi connectivity index (χ1v) is 6.78. The quantitative estimate of drug-likeness (QED) is 0.742. The van der Waals surface area contributed by atoms with Crippen LogP contribution in [0.5, 0.6) is 11.5 Å². The van der Waals surface area contributed by atoms with Crippen LogP contribution in [0.2, 0.25) is 0 Å². The van der Waals surface area contributed by atoms with Crippen molar-refractivity contribution in [3.63, 3.8) is 0 Å². The zero-order valence-electron chi connectivity index (χ0n) is 13.4. The van der Waals surface area contributed by atoms with Gasteiger partial charge in [0.2, 0.25) is 5.91 Å². The van der Waals surface area contributed by atoms with Gasteiger partial charge in [0.1, 0.15) is 17.5 Å². The number of phenolic OH excluding ortho intramolecular Hbond substituents is 1. The van der Waals surface area contributed by atoms with E-state index in [1.165, 1.54) is 26.2 Å². The Bertz CT molecular complexity index is 566. The summed E-state index contributed by atoms with van der Waals surface area (Å²) in [5.74, 6) is -0.202. The highest BCUT2D eigenvalue weighted by Crippen LogP contribution is 2.28. The van der Waals surface area contributed by atoms with E-state index in [0.29, 0.717) is 5.75 Å². The Morgan fingerprint density at radius 1 is 1.32 bits per heavy atom. The van der Waals surface area contributed by atoms with Gasteiger partial charge in [0.25, 0.3) is 0 Å². The molecule has 0 aliphatic carbocycles. The number of benzene rings is 1. The van der Waals surface area contributed by atoms with Gasteiger partial charge in [0, 0.05) is 11.6 Å². The minimum atomic E-state index is -1.19. The van der Waals surface area contributed by atoms with Crippen LogP contribution in [0.3, 0.4) is 0 Å². The number of hydrogen-bond acceptors (Lipinski definition) is 4. The second-order valence-corrected chi connectivity index (χ2v) is 5.87. The molecule has 1 atom stereocenters. The van der Waals surface area contributed by atoms with Crippen molar-refractivity contribution in [1.29, 1.82) is 0 Å². The van der Waals surface area contributed by atoms with Crippen molar-refractivity contribution in [3.05, 3.63) is 18.2 Å². The largest absolute Gasteiger partial charge is 0.506 e. The number of carbonyl (C=O) groups excluding carboxylic acids is 1. The van der Waals surface area contributed by atoms with Gasteiger partial charge >= 0.3 is 6.09 Å². The van der Waals surface area contributed by atoms with Crippen molar-refractivity contribution in [2.45, 2.75) is 39.3 Å². The molecule has 7 nitrogen and oxygen atoms in total. The second kappa shape index (κ2) is 6.55. The number of anilines is 1. The molecule has 0 fully saturated rings. The molecule has 3 N–H and O–H groups in total. The molecule has 1 unspecified atom stereocenters. The van der Waals surface area contributed by atoms with Crippen LogP contribution in [0.25, 0.3) is 0 Å². The molecule has 0 saturated carbocycles. The van der Waals surface area contributed by atoms with Crippen LogP contribution in [0.1, 0.15) is 27.7 Å². The van der Waals surface area contributed by atoms with Crippen molar-refractivity contribution in [3.8, 4) is 11.5 Å². The normalized spacial score (nSPS) is 12.4. The molecule has 2 amide bonds. The first-order chi connectivity index (χ1) is 10.1. The van der Waals surface area contributed by atoms with Gasteiger partial charge in [-0.15, -0.1) is 0 Å². The van der Waals surface area contributed by atoms with Gasteiger partial charge in [-0.2, -0.15) is 0 Å². The maximum atomic E-state index is 12.3. The molecular formula is C15H22N2O5. The topological polar surface area (TPSA) is 99.1 Å². The molecule has 7 heteroatoms. The zero-order valence-corrected chi connectivity index (χ0v) is 13.4. The summed E-state index contributed by atoms with van der Waals surface area (Å²) in [5.41, 5.74) is -0.575. The highest BCUT2D eigenvalue weighted by atomic mass is 16.5. The molecule has 0 heterocycles. The molecule has 0 saturated heterocycles. The van der Waals surface area contributed by atoms with Crippen LogP contribution in [-0.4, -0.2) is 45.8 Å². The fourth-order valence-corrected chi connectivity index (χ4v) is 2.13. The lowest BCUT2D eigenvalue weighted by molar-refractivity contribution is -0.121. The standard InChI is InChI=1S/C15H22N2O5/c1-9(17(14(20)21)15(2,3)4)13(19)16-11-8-10(22-5)6-7-12(11)18/h6-9,18H,1-5H3,(H,16,19)(H,20,21). The molecule has 1 aromatic carbocycles. The molecular weight excluding hydrogens is 288 g/mol. The molecule has 0 spiro atoms. The molecule has 122 valence electrons. The van der Waals surface area contributed by atoms with E-state index >= 15 is 0 Å². The number of phenols is 1. The number of aromatic hydroxyl groups is 1. The number of nitrogens with one attached hydrogen (secondary N) is 1. The summed E-state index contributed by atoms with van der Waals surface area (Å²) in [6.45, 7) is 6.60. The van der Waals surface area contributed by atoms with Crippen LogP contribution in [0.15, 0.2) is 18.2 Å². The SMILES string of the molecule is COc1ccc(O)c(NC(=O)C(C)N(C(=O)O)C(C)(C)C)c1. The van der Waals surface area contributed by atoms with Crippen molar-refractivity contribution in [1.82, 2.24) is 4.90 Å². The van der Waals surface area contributed by atoms with E-state index in [0.717, 1.165) is 4.90 Å².